The molecule has 0 heterocycles. The monoisotopic (exact) mass is 188 g/mol. The Kier molecular flexibility index (Phi) is 4.55. The van der Waals surface area contributed by atoms with Gasteiger partial charge in [-0.05, 0) is 0 Å². The fraction of sp³-hybridized carbons (Fsp3) is 0.333. The van der Waals surface area contributed by atoms with Gasteiger partial charge in [0.05, 0.1) is 8.07 Å². The van der Waals surface area contributed by atoms with Gasteiger partial charge in [-0.25, -0.2) is 0 Å². The largest absolute Gasteiger partial charge is 1.00 e. The molecule has 1 aromatic carbocycles. The van der Waals surface area contributed by atoms with E-state index in [1.807, 2.05) is 12.1 Å². The summed E-state index contributed by atoms with van der Waals surface area (Å²) in [5.41, 5.74) is 0. The Morgan fingerprint density at radius 2 is 1.75 bits per heavy atom. The van der Waals surface area contributed by atoms with Crippen molar-refractivity contribution in [3.8, 4) is 5.75 Å². The van der Waals surface area contributed by atoms with Gasteiger partial charge in [-0.2, -0.15) is 0 Å². The van der Waals surface area contributed by atoms with E-state index in [-0.39, 0.29) is 35.3 Å². The average molecular weight is 188 g/mol. The summed E-state index contributed by atoms with van der Waals surface area (Å²) >= 11 is 0. The number of rotatable bonds is 1. The van der Waals surface area contributed by atoms with Crippen LogP contribution in [-0.2, 0) is 0 Å². The van der Waals surface area contributed by atoms with Gasteiger partial charge >= 0.3 is 29.6 Å². The fourth-order valence-electron chi connectivity index (χ4n) is 0.963. The Morgan fingerprint density at radius 1 is 1.17 bits per heavy atom. The van der Waals surface area contributed by atoms with Crippen molar-refractivity contribution in [3.63, 3.8) is 0 Å². The fourth-order valence-corrected chi connectivity index (χ4v) is 2.13. The van der Waals surface area contributed by atoms with E-state index in [4.69, 9.17) is 0 Å². The van der Waals surface area contributed by atoms with E-state index in [0.29, 0.717) is 0 Å². The molecule has 0 saturated heterocycles. The summed E-state index contributed by atoms with van der Waals surface area (Å²) in [7, 11) is -1.26. The summed E-state index contributed by atoms with van der Waals surface area (Å²) < 4.78 is 0. The quantitative estimate of drug-likeness (QED) is 0.482. The molecule has 0 spiro atoms. The van der Waals surface area contributed by atoms with Crippen molar-refractivity contribution < 1.29 is 34.7 Å². The van der Waals surface area contributed by atoms with Crippen molar-refractivity contribution in [2.75, 3.05) is 0 Å². The molecule has 60 valence electrons. The van der Waals surface area contributed by atoms with E-state index in [9.17, 15) is 5.11 Å². The van der Waals surface area contributed by atoms with Crippen LogP contribution in [0.4, 0.5) is 0 Å². The molecule has 0 N–H and O–H groups in total. The topological polar surface area (TPSA) is 23.1 Å². The predicted molar refractivity (Wildman–Crippen MR) is 48.9 cm³/mol. The maximum Gasteiger partial charge on any atom is 1.00 e. The van der Waals surface area contributed by atoms with E-state index in [1.165, 1.54) is 5.19 Å². The van der Waals surface area contributed by atoms with Crippen LogP contribution in [0.25, 0.3) is 0 Å². The van der Waals surface area contributed by atoms with Gasteiger partial charge in [0.1, 0.15) is 0 Å². The molecular formula is C9H13NaOSi. The van der Waals surface area contributed by atoms with Crippen molar-refractivity contribution in [1.29, 1.82) is 0 Å². The zero-order chi connectivity index (χ0) is 8.48. The van der Waals surface area contributed by atoms with Crippen molar-refractivity contribution in [3.05, 3.63) is 24.3 Å². The summed E-state index contributed by atoms with van der Waals surface area (Å²) in [4.78, 5) is 0. The number of hydrogen-bond acceptors (Lipinski definition) is 1. The Bertz CT molecular complexity index is 255. The van der Waals surface area contributed by atoms with Gasteiger partial charge in [-0.3, -0.25) is 0 Å². The minimum Gasteiger partial charge on any atom is -0.872 e. The van der Waals surface area contributed by atoms with Crippen LogP contribution in [0, 0.1) is 0 Å². The predicted octanol–water partition coefficient (Wildman–Crippen LogP) is -1.69. The van der Waals surface area contributed by atoms with Crippen molar-refractivity contribution in [2.24, 2.45) is 0 Å². The maximum atomic E-state index is 11.0. The molecule has 0 aliphatic rings. The molecule has 1 rings (SSSR count). The van der Waals surface area contributed by atoms with Crippen LogP contribution in [-0.4, -0.2) is 8.07 Å². The molecular weight excluding hydrogens is 175 g/mol. The molecule has 1 aromatic rings. The Hall–Kier alpha value is 0.237. The molecule has 0 atom stereocenters. The van der Waals surface area contributed by atoms with Gasteiger partial charge in [-0.15, -0.1) is 5.75 Å². The van der Waals surface area contributed by atoms with Gasteiger partial charge in [-0.1, -0.05) is 49.1 Å². The van der Waals surface area contributed by atoms with E-state index < -0.39 is 8.07 Å². The van der Waals surface area contributed by atoms with Gasteiger partial charge in [0.15, 0.2) is 0 Å². The maximum absolute atomic E-state index is 11.0. The Balaban J connectivity index is 0.00000121. The second kappa shape index (κ2) is 4.47. The normalized spacial score (nSPS) is 10.6. The second-order valence-corrected chi connectivity index (χ2v) is 8.86. The summed E-state index contributed by atoms with van der Waals surface area (Å²) in [5, 5.41) is 12.2. The molecule has 0 aromatic heterocycles. The van der Waals surface area contributed by atoms with Gasteiger partial charge in [0.25, 0.3) is 0 Å². The van der Waals surface area contributed by atoms with Gasteiger partial charge in [0.2, 0.25) is 0 Å². The van der Waals surface area contributed by atoms with Gasteiger partial charge < -0.3 is 5.11 Å². The SMILES string of the molecule is C[Si](C)(C)c1cccc([O-])c1.[Na+]. The van der Waals surface area contributed by atoms with Gasteiger partial charge in [0, 0.05) is 0 Å². The molecule has 0 aliphatic carbocycles. The zero-order valence-electron chi connectivity index (χ0n) is 8.22. The van der Waals surface area contributed by atoms with Crippen LogP contribution >= 0.6 is 0 Å². The molecule has 0 saturated carbocycles. The molecule has 0 aliphatic heterocycles. The molecule has 0 fully saturated rings. The van der Waals surface area contributed by atoms with Crippen LogP contribution in [0.3, 0.4) is 0 Å². The van der Waals surface area contributed by atoms with Crippen LogP contribution in [0.1, 0.15) is 0 Å². The molecule has 0 amide bonds. The molecule has 0 radical (unpaired) electrons. The summed E-state index contributed by atoms with van der Waals surface area (Å²) in [6, 6.07) is 7.25. The Labute approximate surface area is 97.1 Å². The first-order chi connectivity index (χ1) is 5.00. The molecule has 0 bridgehead atoms. The van der Waals surface area contributed by atoms with Crippen LogP contribution < -0.4 is 39.9 Å². The van der Waals surface area contributed by atoms with Crippen LogP contribution in [0.15, 0.2) is 24.3 Å². The standard InChI is InChI=1S/C9H14OSi.Na/c1-11(2,3)9-6-4-5-8(10)7-9;/h4-7,10H,1-3H3;/q;+1/p-1. The van der Waals surface area contributed by atoms with Crippen LogP contribution in [0.2, 0.25) is 19.6 Å². The summed E-state index contributed by atoms with van der Waals surface area (Å²) in [6.45, 7) is 6.71. The first-order valence-corrected chi connectivity index (χ1v) is 7.28. The molecule has 3 heteroatoms. The van der Waals surface area contributed by atoms with E-state index in [2.05, 4.69) is 19.6 Å². The first-order valence-electron chi connectivity index (χ1n) is 3.78. The van der Waals surface area contributed by atoms with Crippen molar-refractivity contribution in [2.45, 2.75) is 19.6 Å². The van der Waals surface area contributed by atoms with E-state index >= 15 is 0 Å². The first kappa shape index (κ1) is 12.2. The molecule has 1 nitrogen and oxygen atoms in total. The average Bonchev–Trinajstić information content (AvgIpc) is 1.86. The van der Waals surface area contributed by atoms with Crippen LogP contribution in [0.5, 0.6) is 5.75 Å². The third-order valence-electron chi connectivity index (χ3n) is 1.70. The third kappa shape index (κ3) is 3.31. The second-order valence-electron chi connectivity index (χ2n) is 3.78. The van der Waals surface area contributed by atoms with Crippen molar-refractivity contribution >= 4 is 13.3 Å². The minimum absolute atomic E-state index is 0. The summed E-state index contributed by atoms with van der Waals surface area (Å²) in [6.07, 6.45) is 0. The minimum atomic E-state index is -1.26. The van der Waals surface area contributed by atoms with Crippen molar-refractivity contribution in [1.82, 2.24) is 0 Å². The Morgan fingerprint density at radius 3 is 2.08 bits per heavy atom. The molecule has 0 unspecified atom stereocenters. The number of benzene rings is 1. The van der Waals surface area contributed by atoms with E-state index in [1.54, 1.807) is 12.1 Å². The smallest absolute Gasteiger partial charge is 0.872 e. The van der Waals surface area contributed by atoms with E-state index in [0.717, 1.165) is 0 Å². The molecule has 12 heavy (non-hydrogen) atoms. The third-order valence-corrected chi connectivity index (χ3v) is 3.74. The number of hydrogen-bond donors (Lipinski definition) is 0. The summed E-state index contributed by atoms with van der Waals surface area (Å²) in [5.74, 6) is 0.130. The zero-order valence-corrected chi connectivity index (χ0v) is 11.2.